The number of nitrogens with zero attached hydrogens (tertiary/aromatic N) is 1. The van der Waals surface area contributed by atoms with Crippen molar-refractivity contribution in [2.75, 3.05) is 25.4 Å². The molecule has 2 aliphatic heterocycles. The second-order valence-electron chi connectivity index (χ2n) is 4.51. The molecular weight excluding hydrogens is 283 g/mol. The van der Waals surface area contributed by atoms with Crippen molar-refractivity contribution in [1.29, 1.82) is 0 Å². The molecule has 0 aliphatic carbocycles. The Morgan fingerprint density at radius 1 is 1.26 bits per heavy atom. The van der Waals surface area contributed by atoms with Crippen LogP contribution in [0.2, 0.25) is 0 Å². The van der Waals surface area contributed by atoms with E-state index in [1.807, 2.05) is 0 Å². The Morgan fingerprint density at radius 3 is 2.47 bits per heavy atom. The quantitative estimate of drug-likeness (QED) is 0.760. The first-order chi connectivity index (χ1) is 8.84. The third kappa shape index (κ3) is 3.14. The third-order valence-corrected chi connectivity index (χ3v) is 4.00. The molecule has 19 heavy (non-hydrogen) atoms. The zero-order valence-electron chi connectivity index (χ0n) is 10.0. The van der Waals surface area contributed by atoms with Crippen LogP contribution in [0.4, 0.5) is 18.0 Å². The number of carbonyl (C=O) groups excluding carboxylic acids is 2. The SMILES string of the molecule is O=C1NC2(CCNCC2)C(=O)N1CCSC(F)(F)F. The minimum Gasteiger partial charge on any atom is -0.323 e. The van der Waals surface area contributed by atoms with Gasteiger partial charge in [-0.1, -0.05) is 0 Å². The molecule has 2 heterocycles. The smallest absolute Gasteiger partial charge is 0.323 e. The van der Waals surface area contributed by atoms with Crippen LogP contribution in [-0.4, -0.2) is 53.3 Å². The van der Waals surface area contributed by atoms with Crippen molar-refractivity contribution in [3.05, 3.63) is 0 Å². The van der Waals surface area contributed by atoms with Gasteiger partial charge >= 0.3 is 11.5 Å². The largest absolute Gasteiger partial charge is 0.441 e. The number of amides is 3. The Bertz CT molecular complexity index is 383. The number of urea groups is 1. The standard InChI is InChI=1S/C10H14F3N3O2S/c11-10(12,13)19-6-5-16-7(17)9(15-8(16)18)1-3-14-4-2-9/h14H,1-6H2,(H,15,18). The number of alkyl halides is 3. The van der Waals surface area contributed by atoms with Gasteiger partial charge in [-0.3, -0.25) is 9.69 Å². The summed E-state index contributed by atoms with van der Waals surface area (Å²) >= 11 is -0.227. The molecule has 2 fully saturated rings. The van der Waals surface area contributed by atoms with Crippen molar-refractivity contribution in [2.24, 2.45) is 0 Å². The highest BCUT2D eigenvalue weighted by atomic mass is 32.2. The monoisotopic (exact) mass is 297 g/mol. The van der Waals surface area contributed by atoms with E-state index in [2.05, 4.69) is 10.6 Å². The molecule has 9 heteroatoms. The molecular formula is C10H14F3N3O2S. The van der Waals surface area contributed by atoms with Crippen molar-refractivity contribution in [3.63, 3.8) is 0 Å². The molecule has 0 aromatic rings. The van der Waals surface area contributed by atoms with E-state index in [1.165, 1.54) is 0 Å². The second-order valence-corrected chi connectivity index (χ2v) is 5.67. The lowest BCUT2D eigenvalue weighted by molar-refractivity contribution is -0.132. The Hall–Kier alpha value is -0.960. The summed E-state index contributed by atoms with van der Waals surface area (Å²) in [5, 5.41) is 5.70. The maximum Gasteiger partial charge on any atom is 0.441 e. The van der Waals surface area contributed by atoms with Crippen LogP contribution in [0.3, 0.4) is 0 Å². The molecule has 0 atom stereocenters. The van der Waals surface area contributed by atoms with Crippen molar-refractivity contribution < 1.29 is 22.8 Å². The average Bonchev–Trinajstić information content (AvgIpc) is 2.53. The van der Waals surface area contributed by atoms with Crippen LogP contribution < -0.4 is 10.6 Å². The molecule has 2 saturated heterocycles. The summed E-state index contributed by atoms with van der Waals surface area (Å²) in [6, 6.07) is -0.588. The van der Waals surface area contributed by atoms with E-state index >= 15 is 0 Å². The number of imide groups is 1. The van der Waals surface area contributed by atoms with E-state index in [0.717, 1.165) is 4.90 Å². The maximum absolute atomic E-state index is 12.2. The van der Waals surface area contributed by atoms with E-state index in [9.17, 15) is 22.8 Å². The van der Waals surface area contributed by atoms with Gasteiger partial charge in [-0.2, -0.15) is 13.2 Å². The molecule has 0 aromatic carbocycles. The molecule has 1 spiro atoms. The lowest BCUT2D eigenvalue weighted by atomic mass is 9.88. The molecule has 5 nitrogen and oxygen atoms in total. The number of rotatable bonds is 3. The Labute approximate surface area is 112 Å². The highest BCUT2D eigenvalue weighted by Gasteiger charge is 2.51. The molecule has 2 rings (SSSR count). The first-order valence-corrected chi connectivity index (χ1v) is 6.88. The normalized spacial score (nSPS) is 23.0. The fourth-order valence-corrected chi connectivity index (χ4v) is 2.83. The predicted octanol–water partition coefficient (Wildman–Crippen LogP) is 0.913. The minimum absolute atomic E-state index is 0.218. The van der Waals surface area contributed by atoms with Gasteiger partial charge in [0.1, 0.15) is 5.54 Å². The summed E-state index contributed by atoms with van der Waals surface area (Å²) in [5.74, 6) is -0.737. The Morgan fingerprint density at radius 2 is 1.89 bits per heavy atom. The molecule has 2 N–H and O–H groups in total. The van der Waals surface area contributed by atoms with Crippen molar-refractivity contribution in [2.45, 2.75) is 23.9 Å². The van der Waals surface area contributed by atoms with E-state index in [-0.39, 0.29) is 24.1 Å². The van der Waals surface area contributed by atoms with Gasteiger partial charge in [-0.25, -0.2) is 4.79 Å². The van der Waals surface area contributed by atoms with Crippen LogP contribution in [0.5, 0.6) is 0 Å². The summed E-state index contributed by atoms with van der Waals surface area (Å²) in [5.41, 5.74) is -5.25. The number of halogens is 3. The van der Waals surface area contributed by atoms with Crippen molar-refractivity contribution in [3.8, 4) is 0 Å². The number of nitrogens with one attached hydrogen (secondary N) is 2. The van der Waals surface area contributed by atoms with E-state index < -0.39 is 23.0 Å². The van der Waals surface area contributed by atoms with Gasteiger partial charge in [-0.15, -0.1) is 0 Å². The fraction of sp³-hybridized carbons (Fsp3) is 0.800. The lowest BCUT2D eigenvalue weighted by Gasteiger charge is -2.31. The van der Waals surface area contributed by atoms with Crippen LogP contribution in [0, 0.1) is 0 Å². The third-order valence-electron chi connectivity index (χ3n) is 3.28. The number of hydrogen-bond acceptors (Lipinski definition) is 4. The second kappa shape index (κ2) is 5.20. The van der Waals surface area contributed by atoms with Gasteiger partial charge in [0, 0.05) is 12.3 Å². The Kier molecular flexibility index (Phi) is 3.95. The number of hydrogen-bond donors (Lipinski definition) is 2. The lowest BCUT2D eigenvalue weighted by Crippen LogP contribution is -2.54. The molecule has 0 unspecified atom stereocenters. The van der Waals surface area contributed by atoms with Gasteiger partial charge in [0.05, 0.1) is 0 Å². The van der Waals surface area contributed by atoms with E-state index in [4.69, 9.17) is 0 Å². The van der Waals surface area contributed by atoms with Crippen molar-refractivity contribution >= 4 is 23.7 Å². The van der Waals surface area contributed by atoms with E-state index in [0.29, 0.717) is 25.9 Å². The van der Waals surface area contributed by atoms with Crippen LogP contribution >= 0.6 is 11.8 Å². The van der Waals surface area contributed by atoms with Gasteiger partial charge in [0.25, 0.3) is 5.91 Å². The molecule has 0 radical (unpaired) electrons. The van der Waals surface area contributed by atoms with Crippen LogP contribution in [0.1, 0.15) is 12.8 Å². The summed E-state index contributed by atoms with van der Waals surface area (Å²) in [7, 11) is 0. The molecule has 0 saturated carbocycles. The molecule has 2 aliphatic rings. The summed E-state index contributed by atoms with van der Waals surface area (Å²) < 4.78 is 36.1. The first-order valence-electron chi connectivity index (χ1n) is 5.90. The average molecular weight is 297 g/mol. The minimum atomic E-state index is -4.34. The van der Waals surface area contributed by atoms with Crippen LogP contribution in [0.25, 0.3) is 0 Å². The molecule has 0 aromatic heterocycles. The van der Waals surface area contributed by atoms with Crippen LogP contribution in [-0.2, 0) is 4.79 Å². The van der Waals surface area contributed by atoms with Gasteiger partial charge in [0.15, 0.2) is 0 Å². The van der Waals surface area contributed by atoms with E-state index in [1.54, 1.807) is 0 Å². The number of piperidine rings is 1. The summed E-state index contributed by atoms with van der Waals surface area (Å²) in [6.45, 7) is 0.998. The molecule has 108 valence electrons. The van der Waals surface area contributed by atoms with Crippen molar-refractivity contribution in [1.82, 2.24) is 15.5 Å². The Balaban J connectivity index is 1.95. The molecule has 3 amide bonds. The number of thioether (sulfide) groups is 1. The van der Waals surface area contributed by atoms with Gasteiger partial charge in [0.2, 0.25) is 0 Å². The molecule has 0 bridgehead atoms. The first kappa shape index (κ1) is 14.4. The van der Waals surface area contributed by atoms with Gasteiger partial charge < -0.3 is 10.6 Å². The predicted molar refractivity (Wildman–Crippen MR) is 63.6 cm³/mol. The highest BCUT2D eigenvalue weighted by molar-refractivity contribution is 8.00. The zero-order valence-corrected chi connectivity index (χ0v) is 10.9. The highest BCUT2D eigenvalue weighted by Crippen LogP contribution is 2.31. The zero-order chi connectivity index (χ0) is 14.1. The fourth-order valence-electron chi connectivity index (χ4n) is 2.32. The van der Waals surface area contributed by atoms with Gasteiger partial charge in [-0.05, 0) is 37.7 Å². The summed E-state index contributed by atoms with van der Waals surface area (Å²) in [4.78, 5) is 24.8. The number of carbonyl (C=O) groups is 2. The topological polar surface area (TPSA) is 61.4 Å². The summed E-state index contributed by atoms with van der Waals surface area (Å²) in [6.07, 6.45) is 0.945. The maximum atomic E-state index is 12.2. The van der Waals surface area contributed by atoms with Crippen LogP contribution in [0.15, 0.2) is 0 Å².